The van der Waals surface area contributed by atoms with Gasteiger partial charge < -0.3 is 15.4 Å². The molecule has 1 aromatic heterocycles. The van der Waals surface area contributed by atoms with Gasteiger partial charge in [0.25, 0.3) is 5.56 Å². The third kappa shape index (κ3) is 6.78. The Morgan fingerprint density at radius 1 is 1.03 bits per heavy atom. The summed E-state index contributed by atoms with van der Waals surface area (Å²) in [4.78, 5) is 35.3. The summed E-state index contributed by atoms with van der Waals surface area (Å²) in [6, 6.07) is 17.3. The van der Waals surface area contributed by atoms with Crippen molar-refractivity contribution in [2.45, 2.75) is 13.5 Å². The molecule has 0 fully saturated rings. The smallest absolute Gasteiger partial charge is 0.267 e. The molecule has 160 valence electrons. The fourth-order valence-corrected chi connectivity index (χ4v) is 2.97. The number of hydrogen-bond acceptors (Lipinski definition) is 5. The van der Waals surface area contributed by atoms with Crippen LogP contribution in [0.2, 0.25) is 0 Å². The maximum absolute atomic E-state index is 12.4. The Morgan fingerprint density at radius 3 is 2.42 bits per heavy atom. The lowest BCUT2D eigenvalue weighted by Gasteiger charge is -2.10. The van der Waals surface area contributed by atoms with Crippen LogP contribution in [0.15, 0.2) is 69.9 Å². The average molecular weight is 485 g/mol. The number of carbonyl (C=O) groups is 2. The molecule has 3 aromatic rings. The number of amides is 2. The van der Waals surface area contributed by atoms with Crippen LogP contribution in [0, 0.1) is 0 Å². The van der Waals surface area contributed by atoms with Crippen molar-refractivity contribution < 1.29 is 14.3 Å². The zero-order chi connectivity index (χ0) is 22.2. The summed E-state index contributed by atoms with van der Waals surface area (Å²) in [5.41, 5.74) is 1.64. The van der Waals surface area contributed by atoms with E-state index < -0.39 is 0 Å². The quantitative estimate of drug-likeness (QED) is 0.478. The molecule has 0 aliphatic heterocycles. The predicted octanol–water partition coefficient (Wildman–Crippen LogP) is 2.83. The Hall–Kier alpha value is -3.46. The van der Waals surface area contributed by atoms with Crippen molar-refractivity contribution in [3.8, 4) is 17.0 Å². The maximum Gasteiger partial charge on any atom is 0.267 e. The number of aromatic nitrogens is 2. The van der Waals surface area contributed by atoms with Crippen molar-refractivity contribution in [3.63, 3.8) is 0 Å². The van der Waals surface area contributed by atoms with Gasteiger partial charge >= 0.3 is 0 Å². The van der Waals surface area contributed by atoms with E-state index in [0.29, 0.717) is 30.3 Å². The molecule has 0 unspecified atom stereocenters. The van der Waals surface area contributed by atoms with Crippen molar-refractivity contribution >= 4 is 33.4 Å². The molecule has 31 heavy (non-hydrogen) atoms. The molecule has 0 saturated carbocycles. The largest absolute Gasteiger partial charge is 0.492 e. The minimum atomic E-state index is -0.373. The highest BCUT2D eigenvalue weighted by molar-refractivity contribution is 9.10. The van der Waals surface area contributed by atoms with Crippen molar-refractivity contribution in [2.75, 3.05) is 18.5 Å². The first kappa shape index (κ1) is 22.2. The molecule has 0 spiro atoms. The van der Waals surface area contributed by atoms with Gasteiger partial charge in [0, 0.05) is 28.7 Å². The number of carbonyl (C=O) groups excluding carboxylic acids is 2. The number of benzene rings is 2. The second kappa shape index (κ2) is 10.5. The van der Waals surface area contributed by atoms with Gasteiger partial charge in [0.1, 0.15) is 18.9 Å². The molecule has 9 heteroatoms. The van der Waals surface area contributed by atoms with E-state index in [0.717, 1.165) is 14.7 Å². The van der Waals surface area contributed by atoms with Crippen molar-refractivity contribution in [1.29, 1.82) is 0 Å². The van der Waals surface area contributed by atoms with E-state index >= 15 is 0 Å². The number of nitrogens with zero attached hydrogens (tertiary/aromatic N) is 2. The summed E-state index contributed by atoms with van der Waals surface area (Å²) in [7, 11) is 0. The maximum atomic E-state index is 12.4. The van der Waals surface area contributed by atoms with Crippen molar-refractivity contribution in [2.24, 2.45) is 0 Å². The highest BCUT2D eigenvalue weighted by Gasteiger charge is 2.09. The SMILES string of the molecule is CC(=O)NCCOc1ccc(NC(=O)Cn2nc(-c3ccc(Br)cc3)ccc2=O)cc1. The average Bonchev–Trinajstić information content (AvgIpc) is 2.74. The van der Waals surface area contributed by atoms with Gasteiger partial charge in [-0.05, 0) is 42.5 Å². The summed E-state index contributed by atoms with van der Waals surface area (Å²) in [5, 5.41) is 9.68. The standard InChI is InChI=1S/C22H21BrN4O4/c1-15(28)24-12-13-31-19-8-6-18(7-9-19)25-21(29)14-27-22(30)11-10-20(26-27)16-2-4-17(23)5-3-16/h2-11H,12-14H2,1H3,(H,24,28)(H,25,29). The van der Waals surface area contributed by atoms with E-state index in [1.54, 1.807) is 30.3 Å². The molecule has 1 heterocycles. The molecule has 0 atom stereocenters. The second-order valence-corrected chi connectivity index (χ2v) is 7.54. The number of rotatable bonds is 8. The molecule has 2 N–H and O–H groups in total. The molecule has 0 bridgehead atoms. The van der Waals surface area contributed by atoms with Crippen LogP contribution in [0.1, 0.15) is 6.92 Å². The van der Waals surface area contributed by atoms with Crippen LogP contribution in [0.25, 0.3) is 11.3 Å². The first-order chi connectivity index (χ1) is 14.9. The summed E-state index contributed by atoms with van der Waals surface area (Å²) < 4.78 is 7.57. The van der Waals surface area contributed by atoms with Crippen LogP contribution < -0.4 is 20.9 Å². The number of halogens is 1. The molecule has 0 aliphatic rings. The zero-order valence-corrected chi connectivity index (χ0v) is 18.4. The van der Waals surface area contributed by atoms with Crippen molar-refractivity contribution in [1.82, 2.24) is 15.1 Å². The third-order valence-corrected chi connectivity index (χ3v) is 4.71. The third-order valence-electron chi connectivity index (χ3n) is 4.18. The lowest BCUT2D eigenvalue weighted by atomic mass is 10.1. The molecule has 0 saturated heterocycles. The van der Waals surface area contributed by atoms with Gasteiger partial charge in [-0.2, -0.15) is 5.10 Å². The predicted molar refractivity (Wildman–Crippen MR) is 121 cm³/mol. The van der Waals surface area contributed by atoms with Gasteiger partial charge in [0.05, 0.1) is 12.2 Å². The highest BCUT2D eigenvalue weighted by Crippen LogP contribution is 2.19. The van der Waals surface area contributed by atoms with Gasteiger partial charge in [0.15, 0.2) is 0 Å². The van der Waals surface area contributed by atoms with Gasteiger partial charge in [-0.15, -0.1) is 0 Å². The normalized spacial score (nSPS) is 10.4. The molecule has 2 amide bonds. The van der Waals surface area contributed by atoms with Crippen LogP contribution in [-0.2, 0) is 16.1 Å². The summed E-state index contributed by atoms with van der Waals surface area (Å²) in [6.45, 7) is 1.99. The zero-order valence-electron chi connectivity index (χ0n) is 16.8. The van der Waals surface area contributed by atoms with E-state index in [2.05, 4.69) is 31.7 Å². The monoisotopic (exact) mass is 484 g/mol. The Bertz CT molecular complexity index is 1110. The fourth-order valence-electron chi connectivity index (χ4n) is 2.70. The molecular weight excluding hydrogens is 464 g/mol. The molecule has 2 aromatic carbocycles. The Labute approximate surface area is 187 Å². The fraction of sp³-hybridized carbons (Fsp3) is 0.182. The lowest BCUT2D eigenvalue weighted by molar-refractivity contribution is -0.119. The minimum absolute atomic E-state index is 0.113. The first-order valence-corrected chi connectivity index (χ1v) is 10.3. The van der Waals surface area contributed by atoms with E-state index in [-0.39, 0.29) is 23.9 Å². The first-order valence-electron chi connectivity index (χ1n) is 9.52. The summed E-state index contributed by atoms with van der Waals surface area (Å²) >= 11 is 3.38. The highest BCUT2D eigenvalue weighted by atomic mass is 79.9. The molecule has 8 nitrogen and oxygen atoms in total. The van der Waals surface area contributed by atoms with Crippen LogP contribution in [0.3, 0.4) is 0 Å². The molecule has 0 aliphatic carbocycles. The van der Waals surface area contributed by atoms with Gasteiger partial charge in [-0.1, -0.05) is 28.1 Å². The topological polar surface area (TPSA) is 102 Å². The lowest BCUT2D eigenvalue weighted by Crippen LogP contribution is -2.29. The minimum Gasteiger partial charge on any atom is -0.492 e. The van der Waals surface area contributed by atoms with E-state index in [1.807, 2.05) is 24.3 Å². The molecule has 3 rings (SSSR count). The second-order valence-electron chi connectivity index (χ2n) is 6.63. The number of anilines is 1. The molecule has 0 radical (unpaired) electrons. The van der Waals surface area contributed by atoms with Crippen LogP contribution in [-0.4, -0.2) is 34.7 Å². The van der Waals surface area contributed by atoms with E-state index in [4.69, 9.17) is 4.74 Å². The molecular formula is C22H21BrN4O4. The van der Waals surface area contributed by atoms with Crippen LogP contribution in [0.4, 0.5) is 5.69 Å². The van der Waals surface area contributed by atoms with Crippen molar-refractivity contribution in [3.05, 3.63) is 75.5 Å². The number of hydrogen-bond donors (Lipinski definition) is 2. The van der Waals surface area contributed by atoms with E-state index in [9.17, 15) is 14.4 Å². The van der Waals surface area contributed by atoms with Gasteiger partial charge in [0.2, 0.25) is 11.8 Å². The number of ether oxygens (including phenoxy) is 1. The van der Waals surface area contributed by atoms with E-state index in [1.165, 1.54) is 13.0 Å². The Balaban J connectivity index is 1.59. The van der Waals surface area contributed by atoms with Crippen LogP contribution >= 0.6 is 15.9 Å². The van der Waals surface area contributed by atoms with Gasteiger partial charge in [-0.25, -0.2) is 4.68 Å². The summed E-state index contributed by atoms with van der Waals surface area (Å²) in [5.74, 6) is 0.128. The number of nitrogens with one attached hydrogen (secondary N) is 2. The van der Waals surface area contributed by atoms with Crippen LogP contribution in [0.5, 0.6) is 5.75 Å². The summed E-state index contributed by atoms with van der Waals surface area (Å²) in [6.07, 6.45) is 0. The Kier molecular flexibility index (Phi) is 7.55. The van der Waals surface area contributed by atoms with Gasteiger partial charge in [-0.3, -0.25) is 14.4 Å². The Morgan fingerprint density at radius 2 is 1.74 bits per heavy atom.